The van der Waals surface area contributed by atoms with Crippen molar-refractivity contribution in [2.24, 2.45) is 0 Å². The Morgan fingerprint density at radius 1 is 1.00 bits per heavy atom. The number of ether oxygens (including phenoxy) is 3. The number of carbonyl (C=O) groups excluding carboxylic acids is 3. The quantitative estimate of drug-likeness (QED) is 0.664. The Bertz CT molecular complexity index is 805. The highest BCUT2D eigenvalue weighted by atomic mass is 79.9. The van der Waals surface area contributed by atoms with Gasteiger partial charge in [0.2, 0.25) is 0 Å². The average Bonchev–Trinajstić information content (AvgIpc) is 2.92. The maximum Gasteiger partial charge on any atom is 0.417 e. The third-order valence-electron chi connectivity index (χ3n) is 2.99. The van der Waals surface area contributed by atoms with Crippen molar-refractivity contribution in [1.29, 1.82) is 0 Å². The van der Waals surface area contributed by atoms with E-state index in [1.54, 1.807) is 44.2 Å². The van der Waals surface area contributed by atoms with Gasteiger partial charge in [0.15, 0.2) is 0 Å². The molecule has 0 unspecified atom stereocenters. The van der Waals surface area contributed by atoms with E-state index in [-0.39, 0.29) is 29.3 Å². The van der Waals surface area contributed by atoms with Crippen LogP contribution < -0.4 is 10.1 Å². The monoisotopic (exact) mass is 441 g/mol. The fraction of sp³-hybridized carbons (Fsp3) is 0.235. The van der Waals surface area contributed by atoms with E-state index in [0.717, 1.165) is 11.3 Å². The van der Waals surface area contributed by atoms with E-state index in [1.807, 2.05) is 0 Å². The third kappa shape index (κ3) is 4.83. The van der Waals surface area contributed by atoms with Crippen LogP contribution in [0.4, 0.5) is 9.80 Å². The van der Waals surface area contributed by atoms with Crippen LogP contribution in [0.1, 0.15) is 34.6 Å². The van der Waals surface area contributed by atoms with Crippen molar-refractivity contribution in [2.75, 3.05) is 18.5 Å². The first kappa shape index (κ1) is 19.9. The second kappa shape index (κ2) is 9.35. The van der Waals surface area contributed by atoms with Crippen LogP contribution in [0.2, 0.25) is 0 Å². The number of amides is 1. The molecule has 2 aromatic rings. The second-order valence-electron chi connectivity index (χ2n) is 4.72. The summed E-state index contributed by atoms with van der Waals surface area (Å²) in [7, 11) is 0. The summed E-state index contributed by atoms with van der Waals surface area (Å²) >= 11 is 4.22. The number of carbonyl (C=O) groups is 3. The third-order valence-corrected chi connectivity index (χ3v) is 4.77. The maximum atomic E-state index is 12.3. The molecule has 0 saturated carbocycles. The lowest BCUT2D eigenvalue weighted by Crippen LogP contribution is -2.19. The van der Waals surface area contributed by atoms with Gasteiger partial charge in [-0.3, -0.25) is 5.32 Å². The van der Waals surface area contributed by atoms with Crippen LogP contribution in [0.15, 0.2) is 34.1 Å². The van der Waals surface area contributed by atoms with Gasteiger partial charge in [0.1, 0.15) is 21.9 Å². The molecule has 9 heteroatoms. The standard InChI is InChI=1S/C17H16BrNO6S/c1-3-23-15(20)11-12(16(21)24-4-2)14(26-13(11)18)19-17(22)25-10-8-6-5-7-9-10/h5-9H,3-4H2,1-2H3,(H,19,22). The fourth-order valence-corrected chi connectivity index (χ4v) is 3.72. The molecule has 26 heavy (non-hydrogen) atoms. The lowest BCUT2D eigenvalue weighted by atomic mass is 10.2. The molecule has 0 aliphatic rings. The van der Waals surface area contributed by atoms with Gasteiger partial charge in [-0.2, -0.15) is 0 Å². The van der Waals surface area contributed by atoms with Gasteiger partial charge in [-0.25, -0.2) is 14.4 Å². The summed E-state index contributed by atoms with van der Waals surface area (Å²) in [6.45, 7) is 3.55. The molecule has 0 aliphatic carbocycles. The van der Waals surface area contributed by atoms with Crippen molar-refractivity contribution in [1.82, 2.24) is 0 Å². The molecule has 1 aromatic heterocycles. The van der Waals surface area contributed by atoms with Crippen molar-refractivity contribution < 1.29 is 28.6 Å². The Hall–Kier alpha value is -2.39. The van der Waals surface area contributed by atoms with Crippen LogP contribution in [-0.4, -0.2) is 31.2 Å². The lowest BCUT2D eigenvalue weighted by molar-refractivity contribution is 0.0480. The fourth-order valence-electron chi connectivity index (χ4n) is 1.99. The molecule has 0 saturated heterocycles. The molecular weight excluding hydrogens is 426 g/mol. The molecule has 1 amide bonds. The van der Waals surface area contributed by atoms with Gasteiger partial charge in [0.25, 0.3) is 0 Å². The molecule has 2 rings (SSSR count). The Kier molecular flexibility index (Phi) is 7.16. The molecule has 0 radical (unpaired) electrons. The largest absolute Gasteiger partial charge is 0.462 e. The molecule has 138 valence electrons. The number of hydrogen-bond donors (Lipinski definition) is 1. The minimum Gasteiger partial charge on any atom is -0.462 e. The predicted molar refractivity (Wildman–Crippen MR) is 100 cm³/mol. The number of anilines is 1. The van der Waals surface area contributed by atoms with Gasteiger partial charge in [-0.05, 0) is 41.9 Å². The number of hydrogen-bond acceptors (Lipinski definition) is 7. The predicted octanol–water partition coefficient (Wildman–Crippen LogP) is 4.47. The Labute approximate surface area is 162 Å². The van der Waals surface area contributed by atoms with Crippen molar-refractivity contribution in [3.63, 3.8) is 0 Å². The molecule has 0 bridgehead atoms. The summed E-state index contributed by atoms with van der Waals surface area (Å²) < 4.78 is 15.5. The number of halogens is 1. The summed E-state index contributed by atoms with van der Waals surface area (Å²) in [6.07, 6.45) is -0.800. The zero-order valence-electron chi connectivity index (χ0n) is 14.0. The van der Waals surface area contributed by atoms with Crippen LogP contribution in [0.5, 0.6) is 5.75 Å². The van der Waals surface area contributed by atoms with E-state index >= 15 is 0 Å². The first-order valence-electron chi connectivity index (χ1n) is 7.68. The van der Waals surface area contributed by atoms with E-state index < -0.39 is 18.0 Å². The van der Waals surface area contributed by atoms with Crippen LogP contribution in [0, 0.1) is 0 Å². The SMILES string of the molecule is CCOC(=O)c1c(Br)sc(NC(=O)Oc2ccccc2)c1C(=O)OCC. The zero-order valence-corrected chi connectivity index (χ0v) is 16.4. The normalized spacial score (nSPS) is 10.1. The van der Waals surface area contributed by atoms with Crippen LogP contribution >= 0.6 is 27.3 Å². The number of para-hydroxylation sites is 1. The summed E-state index contributed by atoms with van der Waals surface area (Å²) in [5.74, 6) is -1.10. The summed E-state index contributed by atoms with van der Waals surface area (Å²) in [5.41, 5.74) is -0.0718. The van der Waals surface area contributed by atoms with E-state index in [9.17, 15) is 14.4 Å². The van der Waals surface area contributed by atoms with Gasteiger partial charge >= 0.3 is 18.0 Å². The second-order valence-corrected chi connectivity index (χ2v) is 7.06. The number of rotatable bonds is 6. The minimum absolute atomic E-state index is 0.00492. The van der Waals surface area contributed by atoms with Crippen molar-refractivity contribution >= 4 is 50.3 Å². The molecule has 0 aliphatic heterocycles. The maximum absolute atomic E-state index is 12.3. The molecule has 7 nitrogen and oxygen atoms in total. The van der Waals surface area contributed by atoms with Gasteiger partial charge in [0.05, 0.1) is 17.0 Å². The molecule has 1 heterocycles. The Morgan fingerprint density at radius 2 is 1.58 bits per heavy atom. The number of thiophene rings is 1. The van der Waals surface area contributed by atoms with Crippen LogP contribution in [-0.2, 0) is 9.47 Å². The first-order valence-corrected chi connectivity index (χ1v) is 9.29. The molecule has 1 aromatic carbocycles. The van der Waals surface area contributed by atoms with E-state index in [1.165, 1.54) is 0 Å². The highest BCUT2D eigenvalue weighted by molar-refractivity contribution is 9.11. The highest BCUT2D eigenvalue weighted by Gasteiger charge is 2.30. The van der Waals surface area contributed by atoms with E-state index in [0.29, 0.717) is 9.54 Å². The highest BCUT2D eigenvalue weighted by Crippen LogP contribution is 2.38. The van der Waals surface area contributed by atoms with Crippen LogP contribution in [0.3, 0.4) is 0 Å². The average molecular weight is 442 g/mol. The van der Waals surface area contributed by atoms with Gasteiger partial charge < -0.3 is 14.2 Å². The van der Waals surface area contributed by atoms with Crippen molar-refractivity contribution in [2.45, 2.75) is 13.8 Å². The van der Waals surface area contributed by atoms with E-state index in [4.69, 9.17) is 14.2 Å². The lowest BCUT2D eigenvalue weighted by Gasteiger charge is -2.08. The zero-order chi connectivity index (χ0) is 19.1. The molecule has 0 fully saturated rings. The minimum atomic E-state index is -0.800. The summed E-state index contributed by atoms with van der Waals surface area (Å²) in [5, 5.41) is 2.60. The van der Waals surface area contributed by atoms with Gasteiger partial charge in [0, 0.05) is 0 Å². The molecule has 0 spiro atoms. The number of esters is 2. The number of nitrogens with one attached hydrogen (secondary N) is 1. The molecule has 0 atom stereocenters. The van der Waals surface area contributed by atoms with Crippen molar-refractivity contribution in [3.05, 3.63) is 45.2 Å². The summed E-state index contributed by atoms with van der Waals surface area (Å²) in [4.78, 5) is 36.6. The first-order chi connectivity index (χ1) is 12.5. The van der Waals surface area contributed by atoms with Gasteiger partial charge in [-0.1, -0.05) is 18.2 Å². The van der Waals surface area contributed by atoms with Crippen LogP contribution in [0.25, 0.3) is 0 Å². The van der Waals surface area contributed by atoms with Crippen molar-refractivity contribution in [3.8, 4) is 5.75 Å². The molecular formula is C17H16BrNO6S. The Morgan fingerprint density at radius 3 is 2.15 bits per heavy atom. The number of benzene rings is 1. The smallest absolute Gasteiger partial charge is 0.417 e. The Balaban J connectivity index is 2.31. The van der Waals surface area contributed by atoms with E-state index in [2.05, 4.69) is 21.2 Å². The summed E-state index contributed by atoms with van der Waals surface area (Å²) in [6, 6.07) is 8.44. The topological polar surface area (TPSA) is 90.9 Å². The van der Waals surface area contributed by atoms with Gasteiger partial charge in [-0.15, -0.1) is 11.3 Å². The molecule has 1 N–H and O–H groups in total.